The Morgan fingerprint density at radius 3 is 2.34 bits per heavy atom. The summed E-state index contributed by atoms with van der Waals surface area (Å²) < 4.78 is 0. The number of carbonyl (C=O) groups excluding carboxylic acids is 2. The Bertz CT molecular complexity index is 1070. The molecule has 32 heavy (non-hydrogen) atoms. The van der Waals surface area contributed by atoms with Crippen LogP contribution in [-0.4, -0.2) is 25.4 Å². The molecule has 4 rings (SSSR count). The van der Waals surface area contributed by atoms with E-state index in [-0.39, 0.29) is 23.8 Å². The largest absolute Gasteiger partial charge is 0.348 e. The summed E-state index contributed by atoms with van der Waals surface area (Å²) in [6.07, 6.45) is 0. The minimum atomic E-state index is -0.215. The summed E-state index contributed by atoms with van der Waals surface area (Å²) in [4.78, 5) is 27.2. The quantitative estimate of drug-likeness (QED) is 0.563. The first kappa shape index (κ1) is 21.7. The molecule has 0 bridgehead atoms. The fourth-order valence-corrected chi connectivity index (χ4v) is 3.90. The highest BCUT2D eigenvalue weighted by Gasteiger charge is 2.35. The highest BCUT2D eigenvalue weighted by molar-refractivity contribution is 5.95. The molecule has 1 heterocycles. The van der Waals surface area contributed by atoms with Crippen molar-refractivity contribution in [1.29, 1.82) is 0 Å². The Morgan fingerprint density at radius 2 is 1.66 bits per heavy atom. The first-order valence-electron chi connectivity index (χ1n) is 10.8. The lowest BCUT2D eigenvalue weighted by Gasteiger charge is -2.24. The average Bonchev–Trinajstić information content (AvgIpc) is 3.33. The third kappa shape index (κ3) is 4.88. The third-order valence-corrected chi connectivity index (χ3v) is 5.88. The van der Waals surface area contributed by atoms with Gasteiger partial charge in [-0.15, -0.1) is 0 Å². The number of anilines is 1. The highest BCUT2D eigenvalue weighted by Crippen LogP contribution is 2.28. The van der Waals surface area contributed by atoms with Gasteiger partial charge in [-0.3, -0.25) is 15.0 Å². The Morgan fingerprint density at radius 1 is 0.969 bits per heavy atom. The van der Waals surface area contributed by atoms with Gasteiger partial charge in [0.1, 0.15) is 0 Å². The molecule has 0 radical (unpaired) electrons. The number of benzene rings is 3. The van der Waals surface area contributed by atoms with Crippen LogP contribution in [0.4, 0.5) is 5.69 Å². The lowest BCUT2D eigenvalue weighted by atomic mass is 9.93. The van der Waals surface area contributed by atoms with E-state index in [0.717, 1.165) is 22.4 Å². The Balaban J connectivity index is 1.39. The van der Waals surface area contributed by atoms with Crippen LogP contribution in [0.15, 0.2) is 78.9 Å². The normalized spacial score (nSPS) is 17.7. The molecular weight excluding hydrogens is 400 g/mol. The number of aryl methyl sites for hydroxylation is 1. The van der Waals surface area contributed by atoms with E-state index in [1.807, 2.05) is 92.8 Å². The van der Waals surface area contributed by atoms with Crippen LogP contribution in [0.2, 0.25) is 0 Å². The van der Waals surface area contributed by atoms with Gasteiger partial charge in [0.15, 0.2) is 0 Å². The minimum Gasteiger partial charge on any atom is -0.348 e. The smallest absolute Gasteiger partial charge is 0.251 e. The van der Waals surface area contributed by atoms with Crippen molar-refractivity contribution >= 4 is 17.5 Å². The number of hydrazine groups is 1. The van der Waals surface area contributed by atoms with Crippen molar-refractivity contribution in [3.8, 4) is 0 Å². The molecule has 0 saturated carbocycles. The third-order valence-electron chi connectivity index (χ3n) is 5.88. The molecule has 0 aromatic heterocycles. The Kier molecular flexibility index (Phi) is 6.63. The minimum absolute atomic E-state index is 0.0631. The first-order chi connectivity index (χ1) is 15.5. The number of amides is 2. The average molecular weight is 429 g/mol. The second kappa shape index (κ2) is 9.77. The van der Waals surface area contributed by atoms with E-state index in [0.29, 0.717) is 18.7 Å². The molecule has 2 amide bonds. The van der Waals surface area contributed by atoms with Gasteiger partial charge >= 0.3 is 0 Å². The van der Waals surface area contributed by atoms with Crippen molar-refractivity contribution in [2.24, 2.45) is 5.92 Å². The predicted molar refractivity (Wildman–Crippen MR) is 126 cm³/mol. The zero-order valence-corrected chi connectivity index (χ0v) is 18.3. The second-order valence-electron chi connectivity index (χ2n) is 8.13. The number of carbonyl (C=O) groups is 2. The van der Waals surface area contributed by atoms with E-state index in [2.05, 4.69) is 16.2 Å². The van der Waals surface area contributed by atoms with Crippen LogP contribution < -0.4 is 21.1 Å². The molecule has 0 spiro atoms. The summed E-state index contributed by atoms with van der Waals surface area (Å²) in [5.41, 5.74) is 11.1. The van der Waals surface area contributed by atoms with Gasteiger partial charge in [0.2, 0.25) is 5.91 Å². The molecule has 0 aliphatic carbocycles. The van der Waals surface area contributed by atoms with Crippen molar-refractivity contribution in [2.45, 2.75) is 19.5 Å². The Labute approximate surface area is 188 Å². The van der Waals surface area contributed by atoms with Gasteiger partial charge in [-0.2, -0.15) is 0 Å². The van der Waals surface area contributed by atoms with Gasteiger partial charge in [0.25, 0.3) is 5.91 Å². The SMILES string of the molecule is Cc1ccc(C(=O)NCc2ccc(C3NNCC3C(=O)N(C)c3ccccc3)cc2)cc1. The van der Waals surface area contributed by atoms with Gasteiger partial charge in [-0.25, -0.2) is 5.43 Å². The number of hydrogen-bond acceptors (Lipinski definition) is 4. The molecule has 1 aliphatic rings. The molecule has 2 unspecified atom stereocenters. The van der Waals surface area contributed by atoms with Crippen molar-refractivity contribution in [3.63, 3.8) is 0 Å². The van der Waals surface area contributed by atoms with E-state index in [9.17, 15) is 9.59 Å². The zero-order valence-electron chi connectivity index (χ0n) is 18.3. The second-order valence-corrected chi connectivity index (χ2v) is 8.13. The number of nitrogens with one attached hydrogen (secondary N) is 3. The molecule has 1 saturated heterocycles. The van der Waals surface area contributed by atoms with Crippen LogP contribution in [0.25, 0.3) is 0 Å². The van der Waals surface area contributed by atoms with E-state index in [1.165, 1.54) is 0 Å². The molecule has 1 fully saturated rings. The maximum atomic E-state index is 13.1. The topological polar surface area (TPSA) is 73.5 Å². The van der Waals surface area contributed by atoms with Crippen LogP contribution in [0.3, 0.4) is 0 Å². The lowest BCUT2D eigenvalue weighted by molar-refractivity contribution is -0.122. The van der Waals surface area contributed by atoms with Crippen LogP contribution in [0, 0.1) is 12.8 Å². The first-order valence-corrected chi connectivity index (χ1v) is 10.8. The van der Waals surface area contributed by atoms with E-state index in [4.69, 9.17) is 0 Å². The molecule has 6 heteroatoms. The summed E-state index contributed by atoms with van der Waals surface area (Å²) in [6.45, 7) is 3.01. The maximum Gasteiger partial charge on any atom is 0.251 e. The molecule has 3 N–H and O–H groups in total. The van der Waals surface area contributed by atoms with Gasteiger partial charge in [0.05, 0.1) is 12.0 Å². The van der Waals surface area contributed by atoms with Crippen molar-refractivity contribution < 1.29 is 9.59 Å². The van der Waals surface area contributed by atoms with Gasteiger partial charge in [-0.1, -0.05) is 60.2 Å². The van der Waals surface area contributed by atoms with Crippen LogP contribution in [-0.2, 0) is 11.3 Å². The summed E-state index contributed by atoms with van der Waals surface area (Å²) in [6, 6.07) is 25.1. The molecule has 3 aromatic carbocycles. The molecule has 6 nitrogen and oxygen atoms in total. The Hall–Kier alpha value is -3.48. The standard InChI is InChI=1S/C26H28N4O2/c1-18-8-12-21(13-9-18)25(31)27-16-19-10-14-20(15-11-19)24-23(17-28-29-24)26(32)30(2)22-6-4-3-5-7-22/h3-15,23-24,28-29H,16-17H2,1-2H3,(H,27,31). The lowest BCUT2D eigenvalue weighted by Crippen LogP contribution is -2.36. The number of para-hydroxylation sites is 1. The highest BCUT2D eigenvalue weighted by atomic mass is 16.2. The van der Waals surface area contributed by atoms with Crippen molar-refractivity contribution in [3.05, 3.63) is 101 Å². The van der Waals surface area contributed by atoms with Gasteiger partial charge in [-0.05, 0) is 42.3 Å². The maximum absolute atomic E-state index is 13.1. The fourth-order valence-electron chi connectivity index (χ4n) is 3.90. The molecule has 2 atom stereocenters. The van der Waals surface area contributed by atoms with Gasteiger partial charge in [0, 0.05) is 31.4 Å². The van der Waals surface area contributed by atoms with Crippen LogP contribution >= 0.6 is 0 Å². The summed E-state index contributed by atoms with van der Waals surface area (Å²) >= 11 is 0. The number of nitrogens with zero attached hydrogens (tertiary/aromatic N) is 1. The zero-order chi connectivity index (χ0) is 22.5. The van der Waals surface area contributed by atoms with E-state index in [1.54, 1.807) is 4.90 Å². The molecule has 3 aromatic rings. The fraction of sp³-hybridized carbons (Fsp3) is 0.231. The van der Waals surface area contributed by atoms with Crippen molar-refractivity contribution in [2.75, 3.05) is 18.5 Å². The van der Waals surface area contributed by atoms with Crippen LogP contribution in [0.1, 0.15) is 33.1 Å². The number of hydrogen-bond donors (Lipinski definition) is 3. The van der Waals surface area contributed by atoms with Crippen LogP contribution in [0.5, 0.6) is 0 Å². The summed E-state index contributed by atoms with van der Waals surface area (Å²) in [7, 11) is 1.81. The molecule has 164 valence electrons. The van der Waals surface area contributed by atoms with E-state index < -0.39 is 0 Å². The van der Waals surface area contributed by atoms with E-state index >= 15 is 0 Å². The number of rotatable bonds is 6. The molecule has 1 aliphatic heterocycles. The summed E-state index contributed by atoms with van der Waals surface area (Å²) in [5, 5.41) is 2.96. The van der Waals surface area contributed by atoms with Crippen molar-refractivity contribution in [1.82, 2.24) is 16.2 Å². The molecular formula is C26H28N4O2. The monoisotopic (exact) mass is 428 g/mol. The summed E-state index contributed by atoms with van der Waals surface area (Å²) in [5.74, 6) is -0.245. The predicted octanol–water partition coefficient (Wildman–Crippen LogP) is 3.35. The van der Waals surface area contributed by atoms with Gasteiger partial charge < -0.3 is 10.2 Å².